The van der Waals surface area contributed by atoms with Crippen molar-refractivity contribution < 1.29 is 21.7 Å². The van der Waals surface area contributed by atoms with Crippen molar-refractivity contribution in [2.45, 2.75) is 18.4 Å². The van der Waals surface area contributed by atoms with Gasteiger partial charge in [0.15, 0.2) is 0 Å². The van der Waals surface area contributed by atoms with Crippen molar-refractivity contribution in [2.75, 3.05) is 26.3 Å². The van der Waals surface area contributed by atoms with Gasteiger partial charge in [0.25, 0.3) is 10.1 Å². The standard InChI is InChI=1S/C19H22FNO4S/c20-19-9-5-4-8-17(19)15-26(22,23)25-14-18-13-21(10-11-24-18)12-16-6-2-1-3-7-16/h1-9,18H,10-15H2/t18-/m1/s1. The predicted octanol–water partition coefficient (Wildman–Crippen LogP) is 2.57. The molecule has 1 atom stereocenters. The maximum atomic E-state index is 13.6. The first kappa shape index (κ1) is 19.0. The molecular weight excluding hydrogens is 357 g/mol. The molecule has 0 spiro atoms. The fraction of sp³-hybridized carbons (Fsp3) is 0.368. The average Bonchev–Trinajstić information content (AvgIpc) is 2.63. The van der Waals surface area contributed by atoms with E-state index in [-0.39, 0.29) is 18.3 Å². The van der Waals surface area contributed by atoms with Gasteiger partial charge in [0.1, 0.15) is 11.6 Å². The molecule has 3 rings (SSSR count). The van der Waals surface area contributed by atoms with Crippen molar-refractivity contribution in [3.8, 4) is 0 Å². The Morgan fingerprint density at radius 1 is 1.12 bits per heavy atom. The third-order valence-corrected chi connectivity index (χ3v) is 5.36. The summed E-state index contributed by atoms with van der Waals surface area (Å²) in [4.78, 5) is 2.20. The average molecular weight is 379 g/mol. The van der Waals surface area contributed by atoms with Gasteiger partial charge in [-0.25, -0.2) is 4.39 Å². The fourth-order valence-electron chi connectivity index (χ4n) is 2.89. The molecule has 140 valence electrons. The first-order valence-electron chi connectivity index (χ1n) is 8.50. The van der Waals surface area contributed by atoms with Crippen LogP contribution in [0.25, 0.3) is 0 Å². The zero-order valence-electron chi connectivity index (χ0n) is 14.4. The molecule has 0 amide bonds. The predicted molar refractivity (Wildman–Crippen MR) is 96.4 cm³/mol. The Balaban J connectivity index is 1.51. The van der Waals surface area contributed by atoms with Crippen LogP contribution in [-0.2, 0) is 31.3 Å². The van der Waals surface area contributed by atoms with Crippen LogP contribution < -0.4 is 0 Å². The Hall–Kier alpha value is -1.80. The number of rotatable bonds is 7. The van der Waals surface area contributed by atoms with Crippen molar-refractivity contribution >= 4 is 10.1 Å². The van der Waals surface area contributed by atoms with E-state index in [2.05, 4.69) is 17.0 Å². The molecule has 5 nitrogen and oxygen atoms in total. The zero-order valence-corrected chi connectivity index (χ0v) is 15.2. The maximum Gasteiger partial charge on any atom is 0.271 e. The Kier molecular flexibility index (Phi) is 6.37. The third-order valence-electron chi connectivity index (χ3n) is 4.20. The monoisotopic (exact) mass is 379 g/mol. The third kappa shape index (κ3) is 5.60. The molecule has 0 N–H and O–H groups in total. The molecule has 0 unspecified atom stereocenters. The number of hydrogen-bond donors (Lipinski definition) is 0. The van der Waals surface area contributed by atoms with Crippen LogP contribution in [0, 0.1) is 5.82 Å². The molecular formula is C19H22FNO4S. The molecule has 0 radical (unpaired) electrons. The highest BCUT2D eigenvalue weighted by molar-refractivity contribution is 7.85. The molecule has 0 saturated carbocycles. The van der Waals surface area contributed by atoms with Crippen LogP contribution in [0.2, 0.25) is 0 Å². The number of hydrogen-bond acceptors (Lipinski definition) is 5. The van der Waals surface area contributed by atoms with Gasteiger partial charge >= 0.3 is 0 Å². The zero-order chi connectivity index (χ0) is 18.4. The Morgan fingerprint density at radius 3 is 2.62 bits per heavy atom. The highest BCUT2D eigenvalue weighted by Crippen LogP contribution is 2.15. The molecule has 26 heavy (non-hydrogen) atoms. The summed E-state index contributed by atoms with van der Waals surface area (Å²) in [6.07, 6.45) is -0.331. The molecule has 1 fully saturated rings. The smallest absolute Gasteiger partial charge is 0.271 e. The number of benzene rings is 2. The normalized spacial score (nSPS) is 18.7. The first-order valence-corrected chi connectivity index (χ1v) is 10.1. The lowest BCUT2D eigenvalue weighted by molar-refractivity contribution is -0.0495. The summed E-state index contributed by atoms with van der Waals surface area (Å²) in [7, 11) is -3.87. The second kappa shape index (κ2) is 8.73. The van der Waals surface area contributed by atoms with Crippen molar-refractivity contribution in [1.82, 2.24) is 4.90 Å². The molecule has 0 aromatic heterocycles. The van der Waals surface area contributed by atoms with E-state index >= 15 is 0 Å². The minimum atomic E-state index is -3.87. The number of halogens is 1. The number of morpholine rings is 1. The molecule has 7 heteroatoms. The van der Waals surface area contributed by atoms with Gasteiger partial charge in [-0.3, -0.25) is 9.08 Å². The van der Waals surface area contributed by atoms with Crippen molar-refractivity contribution in [3.63, 3.8) is 0 Å². The van der Waals surface area contributed by atoms with Gasteiger partial charge < -0.3 is 4.74 Å². The first-order chi connectivity index (χ1) is 12.5. The molecule has 2 aromatic rings. The molecule has 0 aliphatic carbocycles. The van der Waals surface area contributed by atoms with E-state index < -0.39 is 21.7 Å². The second-order valence-electron chi connectivity index (χ2n) is 6.29. The minimum absolute atomic E-state index is 0.0674. The second-order valence-corrected chi connectivity index (χ2v) is 7.93. The molecule has 1 saturated heterocycles. The Labute approximate surface area is 153 Å². The summed E-state index contributed by atoms with van der Waals surface area (Å²) in [5.41, 5.74) is 1.30. The van der Waals surface area contributed by atoms with Gasteiger partial charge in [-0.05, 0) is 11.6 Å². The van der Waals surface area contributed by atoms with Gasteiger partial charge in [-0.1, -0.05) is 48.5 Å². The van der Waals surface area contributed by atoms with E-state index in [0.29, 0.717) is 13.2 Å². The summed E-state index contributed by atoms with van der Waals surface area (Å²) in [5.74, 6) is -1.04. The summed E-state index contributed by atoms with van der Waals surface area (Å²) >= 11 is 0. The molecule has 1 heterocycles. The van der Waals surface area contributed by atoms with E-state index in [4.69, 9.17) is 8.92 Å². The van der Waals surface area contributed by atoms with Crippen LogP contribution >= 0.6 is 0 Å². The van der Waals surface area contributed by atoms with Crippen molar-refractivity contribution in [1.29, 1.82) is 0 Å². The Bertz CT molecular complexity index is 813. The highest BCUT2D eigenvalue weighted by Gasteiger charge is 2.24. The van der Waals surface area contributed by atoms with Gasteiger partial charge in [0, 0.05) is 25.2 Å². The molecule has 2 aromatic carbocycles. The van der Waals surface area contributed by atoms with E-state index in [9.17, 15) is 12.8 Å². The van der Waals surface area contributed by atoms with E-state index in [0.717, 1.165) is 13.1 Å². The summed E-state index contributed by atoms with van der Waals surface area (Å²) in [6, 6.07) is 15.9. The number of nitrogens with zero attached hydrogens (tertiary/aromatic N) is 1. The molecule has 1 aliphatic heterocycles. The molecule has 1 aliphatic rings. The Morgan fingerprint density at radius 2 is 1.85 bits per heavy atom. The van der Waals surface area contributed by atoms with E-state index in [1.54, 1.807) is 6.07 Å². The lowest BCUT2D eigenvalue weighted by atomic mass is 10.2. The van der Waals surface area contributed by atoms with Crippen LogP contribution in [0.1, 0.15) is 11.1 Å². The van der Waals surface area contributed by atoms with E-state index in [1.807, 2.05) is 18.2 Å². The lowest BCUT2D eigenvalue weighted by Gasteiger charge is -2.32. The van der Waals surface area contributed by atoms with Gasteiger partial charge in [-0.15, -0.1) is 0 Å². The van der Waals surface area contributed by atoms with Crippen LogP contribution in [0.4, 0.5) is 4.39 Å². The van der Waals surface area contributed by atoms with Crippen LogP contribution in [0.15, 0.2) is 54.6 Å². The van der Waals surface area contributed by atoms with Crippen molar-refractivity contribution in [3.05, 3.63) is 71.5 Å². The summed E-state index contributed by atoms with van der Waals surface area (Å²) in [6.45, 7) is 2.61. The molecule has 0 bridgehead atoms. The number of ether oxygens (including phenoxy) is 1. The maximum absolute atomic E-state index is 13.6. The highest BCUT2D eigenvalue weighted by atomic mass is 32.2. The summed E-state index contributed by atoms with van der Waals surface area (Å²) in [5, 5.41) is 0. The van der Waals surface area contributed by atoms with E-state index in [1.165, 1.54) is 23.8 Å². The van der Waals surface area contributed by atoms with Crippen LogP contribution in [-0.4, -0.2) is 45.7 Å². The van der Waals surface area contributed by atoms with Crippen LogP contribution in [0.5, 0.6) is 0 Å². The SMILES string of the molecule is O=S(=O)(Cc1ccccc1F)OC[C@H]1CN(Cc2ccccc2)CCO1. The van der Waals surface area contributed by atoms with Gasteiger partial charge in [0.2, 0.25) is 0 Å². The fourth-order valence-corrected chi connectivity index (χ4v) is 3.95. The van der Waals surface area contributed by atoms with Crippen LogP contribution in [0.3, 0.4) is 0 Å². The quantitative estimate of drug-likeness (QED) is 0.692. The lowest BCUT2D eigenvalue weighted by Crippen LogP contribution is -2.44. The van der Waals surface area contributed by atoms with Crippen molar-refractivity contribution in [2.24, 2.45) is 0 Å². The summed E-state index contributed by atoms with van der Waals surface area (Å²) < 4.78 is 48.5. The van der Waals surface area contributed by atoms with Gasteiger partial charge in [-0.2, -0.15) is 8.42 Å². The largest absolute Gasteiger partial charge is 0.373 e. The van der Waals surface area contributed by atoms with Gasteiger partial charge in [0.05, 0.1) is 19.3 Å². The minimum Gasteiger partial charge on any atom is -0.373 e. The topological polar surface area (TPSA) is 55.8 Å².